The van der Waals surface area contributed by atoms with Crippen LogP contribution in [0.25, 0.3) is 0 Å². The number of nitrogens with zero attached hydrogens (tertiary/aromatic N) is 1. The summed E-state index contributed by atoms with van der Waals surface area (Å²) in [5, 5.41) is 4.68. The number of fused-ring (bicyclic) bond motifs is 1. The van der Waals surface area contributed by atoms with Gasteiger partial charge >= 0.3 is 0 Å². The van der Waals surface area contributed by atoms with Crippen LogP contribution in [0.2, 0.25) is 0 Å². The Labute approximate surface area is 110 Å². The van der Waals surface area contributed by atoms with Crippen molar-refractivity contribution in [2.45, 2.75) is 25.9 Å². The van der Waals surface area contributed by atoms with Gasteiger partial charge in [0.25, 0.3) is 0 Å². The third-order valence-electron chi connectivity index (χ3n) is 3.06. The largest absolute Gasteiger partial charge is 0.368 e. The predicted octanol–water partition coefficient (Wildman–Crippen LogP) is 0.0962. The van der Waals surface area contributed by atoms with Crippen molar-refractivity contribution in [3.8, 4) is 0 Å². The fourth-order valence-corrected chi connectivity index (χ4v) is 2.89. The molecule has 2 heterocycles. The Bertz CT molecular complexity index is 458. The molecule has 18 heavy (non-hydrogen) atoms. The maximum atomic E-state index is 11.7. The number of thiophene rings is 1. The topological polar surface area (TPSA) is 75.4 Å². The van der Waals surface area contributed by atoms with Crippen molar-refractivity contribution in [3.63, 3.8) is 0 Å². The maximum Gasteiger partial charge on any atom is 0.239 e. The Morgan fingerprint density at radius 1 is 1.61 bits per heavy atom. The first-order valence-corrected chi connectivity index (χ1v) is 6.80. The van der Waals surface area contributed by atoms with Crippen LogP contribution >= 0.6 is 11.3 Å². The minimum Gasteiger partial charge on any atom is -0.368 e. The van der Waals surface area contributed by atoms with E-state index in [1.165, 1.54) is 10.4 Å². The van der Waals surface area contributed by atoms with Crippen molar-refractivity contribution in [3.05, 3.63) is 21.9 Å². The van der Waals surface area contributed by atoms with Crippen LogP contribution in [0.4, 0.5) is 0 Å². The van der Waals surface area contributed by atoms with Crippen molar-refractivity contribution in [1.29, 1.82) is 0 Å². The van der Waals surface area contributed by atoms with Gasteiger partial charge in [0.2, 0.25) is 11.8 Å². The summed E-state index contributed by atoms with van der Waals surface area (Å²) >= 11 is 1.77. The number of carbonyl (C=O) groups is 2. The molecule has 6 heteroatoms. The molecule has 1 aromatic rings. The van der Waals surface area contributed by atoms with Gasteiger partial charge in [-0.1, -0.05) is 0 Å². The third kappa shape index (κ3) is 3.08. The van der Waals surface area contributed by atoms with Gasteiger partial charge in [0, 0.05) is 18.0 Å². The quantitative estimate of drug-likeness (QED) is 0.812. The molecule has 1 atom stereocenters. The standard InChI is InChI=1S/C12H17N3O2S/c1-8(12(13)17)14-11(16)7-15-4-2-10-9(6-15)3-5-18-10/h3,5,8H,2,4,6-7H2,1H3,(H2,13,17)(H,14,16)/t8-/m1/s1. The van der Waals surface area contributed by atoms with E-state index in [1.54, 1.807) is 18.3 Å². The van der Waals surface area contributed by atoms with Crippen LogP contribution in [0.5, 0.6) is 0 Å². The lowest BCUT2D eigenvalue weighted by Crippen LogP contribution is -2.47. The number of rotatable bonds is 4. The van der Waals surface area contributed by atoms with E-state index < -0.39 is 11.9 Å². The van der Waals surface area contributed by atoms with E-state index in [4.69, 9.17) is 5.73 Å². The number of nitrogens with two attached hydrogens (primary N) is 1. The number of nitrogens with one attached hydrogen (secondary N) is 1. The number of hydrogen-bond donors (Lipinski definition) is 2. The molecular weight excluding hydrogens is 250 g/mol. The van der Waals surface area contributed by atoms with Gasteiger partial charge in [-0.05, 0) is 30.4 Å². The lowest BCUT2D eigenvalue weighted by atomic mass is 10.1. The van der Waals surface area contributed by atoms with Crippen LogP contribution in [0.15, 0.2) is 11.4 Å². The summed E-state index contributed by atoms with van der Waals surface area (Å²) < 4.78 is 0. The Balaban J connectivity index is 1.84. The molecule has 3 N–H and O–H groups in total. The van der Waals surface area contributed by atoms with Crippen LogP contribution in [0.3, 0.4) is 0 Å². The van der Waals surface area contributed by atoms with Gasteiger partial charge in [-0.3, -0.25) is 14.5 Å². The molecule has 0 aliphatic carbocycles. The lowest BCUT2D eigenvalue weighted by molar-refractivity contribution is -0.127. The van der Waals surface area contributed by atoms with E-state index in [0.717, 1.165) is 19.5 Å². The van der Waals surface area contributed by atoms with Crippen LogP contribution in [0.1, 0.15) is 17.4 Å². The molecule has 0 saturated carbocycles. The Kier molecular flexibility index (Phi) is 3.98. The number of amides is 2. The molecule has 1 aliphatic heterocycles. The first kappa shape index (κ1) is 13.0. The molecule has 98 valence electrons. The summed E-state index contributed by atoms with van der Waals surface area (Å²) in [5.74, 6) is -0.665. The molecular formula is C12H17N3O2S. The Morgan fingerprint density at radius 2 is 2.39 bits per heavy atom. The highest BCUT2D eigenvalue weighted by Gasteiger charge is 2.20. The van der Waals surface area contributed by atoms with E-state index in [0.29, 0.717) is 6.54 Å². The molecule has 0 bridgehead atoms. The van der Waals surface area contributed by atoms with Crippen molar-refractivity contribution in [2.24, 2.45) is 5.73 Å². The van der Waals surface area contributed by atoms with Gasteiger partial charge in [-0.25, -0.2) is 0 Å². The maximum absolute atomic E-state index is 11.7. The molecule has 0 saturated heterocycles. The number of primary amides is 1. The van der Waals surface area contributed by atoms with E-state index in [1.807, 2.05) is 0 Å². The molecule has 0 unspecified atom stereocenters. The molecule has 1 aliphatic rings. The molecule has 5 nitrogen and oxygen atoms in total. The molecule has 2 rings (SSSR count). The summed E-state index contributed by atoms with van der Waals surface area (Å²) in [6.45, 7) is 3.59. The monoisotopic (exact) mass is 267 g/mol. The van der Waals surface area contributed by atoms with Crippen LogP contribution in [-0.2, 0) is 22.6 Å². The molecule has 1 aromatic heterocycles. The second-order valence-corrected chi connectivity index (χ2v) is 5.52. The fraction of sp³-hybridized carbons (Fsp3) is 0.500. The van der Waals surface area contributed by atoms with Gasteiger partial charge in [0.1, 0.15) is 6.04 Å². The first-order valence-electron chi connectivity index (χ1n) is 5.92. The smallest absolute Gasteiger partial charge is 0.239 e. The second-order valence-electron chi connectivity index (χ2n) is 4.52. The molecule has 0 radical (unpaired) electrons. The summed E-state index contributed by atoms with van der Waals surface area (Å²) in [7, 11) is 0. The Hall–Kier alpha value is -1.40. The van der Waals surface area contributed by atoms with Crippen molar-refractivity contribution in [1.82, 2.24) is 10.2 Å². The van der Waals surface area contributed by atoms with E-state index >= 15 is 0 Å². The highest BCUT2D eigenvalue weighted by molar-refractivity contribution is 7.10. The summed E-state index contributed by atoms with van der Waals surface area (Å²) in [4.78, 5) is 26.1. The van der Waals surface area contributed by atoms with Crippen molar-refractivity contribution in [2.75, 3.05) is 13.1 Å². The molecule has 0 fully saturated rings. The zero-order valence-corrected chi connectivity index (χ0v) is 11.1. The van der Waals surface area contributed by atoms with E-state index in [9.17, 15) is 9.59 Å². The van der Waals surface area contributed by atoms with Crippen molar-refractivity contribution < 1.29 is 9.59 Å². The van der Waals surface area contributed by atoms with Gasteiger partial charge < -0.3 is 11.1 Å². The van der Waals surface area contributed by atoms with Crippen molar-refractivity contribution >= 4 is 23.2 Å². The van der Waals surface area contributed by atoms with Gasteiger partial charge in [-0.15, -0.1) is 11.3 Å². The van der Waals surface area contributed by atoms with Gasteiger partial charge in [-0.2, -0.15) is 0 Å². The lowest BCUT2D eigenvalue weighted by Gasteiger charge is -2.26. The molecule has 2 amide bonds. The summed E-state index contributed by atoms with van der Waals surface area (Å²) in [5.41, 5.74) is 6.41. The zero-order chi connectivity index (χ0) is 13.1. The number of hydrogen-bond acceptors (Lipinski definition) is 4. The van der Waals surface area contributed by atoms with Gasteiger partial charge in [0.15, 0.2) is 0 Å². The van der Waals surface area contributed by atoms with Gasteiger partial charge in [0.05, 0.1) is 6.54 Å². The average Bonchev–Trinajstić information content (AvgIpc) is 2.75. The summed E-state index contributed by atoms with van der Waals surface area (Å²) in [6.07, 6.45) is 0.992. The fourth-order valence-electron chi connectivity index (χ4n) is 2.00. The minimum atomic E-state index is -0.612. The highest BCUT2D eigenvalue weighted by Crippen LogP contribution is 2.23. The average molecular weight is 267 g/mol. The zero-order valence-electron chi connectivity index (χ0n) is 10.3. The third-order valence-corrected chi connectivity index (χ3v) is 4.08. The number of carbonyl (C=O) groups excluding carboxylic acids is 2. The normalized spacial score (nSPS) is 16.9. The first-order chi connectivity index (χ1) is 8.56. The SMILES string of the molecule is C[C@@H](NC(=O)CN1CCc2sccc2C1)C(N)=O. The van der Waals surface area contributed by atoms with Crippen LogP contribution in [-0.4, -0.2) is 35.8 Å². The minimum absolute atomic E-state index is 0.153. The second kappa shape index (κ2) is 5.49. The van der Waals surface area contributed by atoms with E-state index in [2.05, 4.69) is 21.7 Å². The van der Waals surface area contributed by atoms with Crippen LogP contribution in [0, 0.1) is 0 Å². The Morgan fingerprint density at radius 3 is 3.11 bits per heavy atom. The predicted molar refractivity (Wildman–Crippen MR) is 70.1 cm³/mol. The molecule has 0 aromatic carbocycles. The molecule has 0 spiro atoms. The van der Waals surface area contributed by atoms with E-state index in [-0.39, 0.29) is 5.91 Å². The highest BCUT2D eigenvalue weighted by atomic mass is 32.1. The summed E-state index contributed by atoms with van der Waals surface area (Å²) in [6, 6.07) is 1.50. The van der Waals surface area contributed by atoms with Crippen LogP contribution < -0.4 is 11.1 Å².